The second-order valence-corrected chi connectivity index (χ2v) is 3.54. The molecule has 0 aromatic heterocycles. The van der Waals surface area contributed by atoms with Crippen molar-refractivity contribution in [2.24, 2.45) is 0 Å². The summed E-state index contributed by atoms with van der Waals surface area (Å²) in [4.78, 5) is 2.21. The van der Waals surface area contributed by atoms with Crippen LogP contribution in [0.3, 0.4) is 0 Å². The zero-order chi connectivity index (χ0) is 11.0. The van der Waals surface area contributed by atoms with Gasteiger partial charge in [-0.25, -0.2) is 0 Å². The highest BCUT2D eigenvalue weighted by molar-refractivity contribution is 5.21. The van der Waals surface area contributed by atoms with Crippen LogP contribution in [-0.4, -0.2) is 25.5 Å². The summed E-state index contributed by atoms with van der Waals surface area (Å²) in [5, 5.41) is 0. The molecule has 0 bridgehead atoms. The molecule has 0 heterocycles. The first-order chi connectivity index (χ1) is 6.68. The molecular formula is C13H23N. The van der Waals surface area contributed by atoms with Crippen molar-refractivity contribution in [3.05, 3.63) is 35.4 Å². The fourth-order valence-corrected chi connectivity index (χ4v) is 1.11. The summed E-state index contributed by atoms with van der Waals surface area (Å²) in [6, 6.07) is 8.76. The first-order valence-electron chi connectivity index (χ1n) is 5.39. The van der Waals surface area contributed by atoms with Crippen LogP contribution in [0.25, 0.3) is 0 Å². The van der Waals surface area contributed by atoms with Crippen LogP contribution in [0.4, 0.5) is 0 Å². The van der Waals surface area contributed by atoms with Crippen molar-refractivity contribution in [3.63, 3.8) is 0 Å². The van der Waals surface area contributed by atoms with Crippen LogP contribution in [0.2, 0.25) is 0 Å². The van der Waals surface area contributed by atoms with Crippen molar-refractivity contribution in [2.45, 2.75) is 27.2 Å². The van der Waals surface area contributed by atoms with Crippen LogP contribution in [0.5, 0.6) is 0 Å². The minimum absolute atomic E-state index is 1.13. The number of hydrogen-bond donors (Lipinski definition) is 0. The Hall–Kier alpha value is -0.820. The number of rotatable bonds is 3. The molecule has 0 fully saturated rings. The van der Waals surface area contributed by atoms with Gasteiger partial charge in [-0.3, -0.25) is 0 Å². The first kappa shape index (κ1) is 13.2. The van der Waals surface area contributed by atoms with Crippen molar-refractivity contribution in [1.29, 1.82) is 0 Å². The zero-order valence-corrected chi connectivity index (χ0v) is 10.2. The van der Waals surface area contributed by atoms with Gasteiger partial charge < -0.3 is 4.90 Å². The van der Waals surface area contributed by atoms with Gasteiger partial charge in [0.1, 0.15) is 0 Å². The average molecular weight is 193 g/mol. The summed E-state index contributed by atoms with van der Waals surface area (Å²) < 4.78 is 0. The quantitative estimate of drug-likeness (QED) is 0.713. The summed E-state index contributed by atoms with van der Waals surface area (Å²) in [5.74, 6) is 0. The molecule has 80 valence electrons. The van der Waals surface area contributed by atoms with E-state index in [0.717, 1.165) is 13.0 Å². The van der Waals surface area contributed by atoms with Crippen molar-refractivity contribution in [1.82, 2.24) is 4.90 Å². The van der Waals surface area contributed by atoms with Crippen molar-refractivity contribution >= 4 is 0 Å². The average Bonchev–Trinajstić information content (AvgIpc) is 2.20. The van der Waals surface area contributed by atoms with E-state index < -0.39 is 0 Å². The van der Waals surface area contributed by atoms with Gasteiger partial charge in [0, 0.05) is 6.54 Å². The Morgan fingerprint density at radius 2 is 1.50 bits per heavy atom. The lowest BCUT2D eigenvalue weighted by Crippen LogP contribution is -2.14. The maximum absolute atomic E-state index is 2.21. The van der Waals surface area contributed by atoms with Gasteiger partial charge in [-0.05, 0) is 33.0 Å². The fourth-order valence-electron chi connectivity index (χ4n) is 1.11. The minimum Gasteiger partial charge on any atom is -0.309 e. The van der Waals surface area contributed by atoms with E-state index in [-0.39, 0.29) is 0 Å². The molecular weight excluding hydrogens is 170 g/mol. The van der Waals surface area contributed by atoms with Gasteiger partial charge in [-0.15, -0.1) is 0 Å². The molecule has 0 amide bonds. The molecule has 1 aromatic rings. The Balaban J connectivity index is 0.000000791. The van der Waals surface area contributed by atoms with Crippen molar-refractivity contribution in [3.8, 4) is 0 Å². The molecule has 1 nitrogen and oxygen atoms in total. The van der Waals surface area contributed by atoms with E-state index in [1.807, 2.05) is 13.8 Å². The SMILES string of the molecule is CC.Cc1ccc(CCN(C)C)cc1. The molecule has 1 rings (SSSR count). The van der Waals surface area contributed by atoms with Gasteiger partial charge >= 0.3 is 0 Å². The molecule has 0 spiro atoms. The van der Waals surface area contributed by atoms with E-state index >= 15 is 0 Å². The highest BCUT2D eigenvalue weighted by Gasteiger charge is 1.93. The lowest BCUT2D eigenvalue weighted by Gasteiger charge is -2.08. The summed E-state index contributed by atoms with van der Waals surface area (Å²) in [6.45, 7) is 7.25. The predicted octanol–water partition coefficient (Wildman–Crippen LogP) is 3.13. The topological polar surface area (TPSA) is 3.24 Å². The monoisotopic (exact) mass is 193 g/mol. The van der Waals surface area contributed by atoms with Gasteiger partial charge in [-0.2, -0.15) is 0 Å². The number of benzene rings is 1. The summed E-state index contributed by atoms with van der Waals surface area (Å²) in [7, 11) is 4.21. The van der Waals surface area contributed by atoms with Gasteiger partial charge in [-0.1, -0.05) is 43.7 Å². The highest BCUT2D eigenvalue weighted by Crippen LogP contribution is 2.03. The Labute approximate surface area is 88.8 Å². The highest BCUT2D eigenvalue weighted by atomic mass is 15.0. The van der Waals surface area contributed by atoms with Crippen LogP contribution in [0, 0.1) is 6.92 Å². The molecule has 0 saturated carbocycles. The van der Waals surface area contributed by atoms with E-state index in [1.54, 1.807) is 0 Å². The van der Waals surface area contributed by atoms with E-state index in [1.165, 1.54) is 11.1 Å². The van der Waals surface area contributed by atoms with Gasteiger partial charge in [0.2, 0.25) is 0 Å². The number of hydrogen-bond acceptors (Lipinski definition) is 1. The molecule has 1 aromatic carbocycles. The molecule has 0 atom stereocenters. The molecule has 0 saturated heterocycles. The van der Waals surface area contributed by atoms with Crippen LogP contribution < -0.4 is 0 Å². The van der Waals surface area contributed by atoms with Crippen LogP contribution in [0.15, 0.2) is 24.3 Å². The smallest absolute Gasteiger partial charge is 0.00157 e. The van der Waals surface area contributed by atoms with E-state index in [2.05, 4.69) is 50.2 Å². The molecule has 0 N–H and O–H groups in total. The van der Waals surface area contributed by atoms with Crippen molar-refractivity contribution in [2.75, 3.05) is 20.6 Å². The third-order valence-electron chi connectivity index (χ3n) is 1.97. The second-order valence-electron chi connectivity index (χ2n) is 3.54. The molecule has 0 unspecified atom stereocenters. The van der Waals surface area contributed by atoms with Crippen LogP contribution in [0.1, 0.15) is 25.0 Å². The standard InChI is InChI=1S/C11H17N.C2H6/c1-10-4-6-11(7-5-10)8-9-12(2)3;1-2/h4-7H,8-9H2,1-3H3;1-2H3. The fraction of sp³-hybridized carbons (Fsp3) is 0.538. The molecule has 0 radical (unpaired) electrons. The van der Waals surface area contributed by atoms with E-state index in [4.69, 9.17) is 0 Å². The van der Waals surface area contributed by atoms with Gasteiger partial charge in [0.15, 0.2) is 0 Å². The number of nitrogens with zero attached hydrogens (tertiary/aromatic N) is 1. The molecule has 0 aliphatic rings. The Kier molecular flexibility index (Phi) is 7.13. The van der Waals surface area contributed by atoms with Crippen LogP contribution in [-0.2, 0) is 6.42 Å². The largest absolute Gasteiger partial charge is 0.309 e. The molecule has 0 aliphatic carbocycles. The Morgan fingerprint density at radius 1 is 1.00 bits per heavy atom. The molecule has 0 aliphatic heterocycles. The maximum Gasteiger partial charge on any atom is 0.00157 e. The van der Waals surface area contributed by atoms with E-state index in [0.29, 0.717) is 0 Å². The van der Waals surface area contributed by atoms with E-state index in [9.17, 15) is 0 Å². The molecule has 14 heavy (non-hydrogen) atoms. The lowest BCUT2D eigenvalue weighted by molar-refractivity contribution is 0.413. The lowest BCUT2D eigenvalue weighted by atomic mass is 10.1. The van der Waals surface area contributed by atoms with Gasteiger partial charge in [0.25, 0.3) is 0 Å². The summed E-state index contributed by atoms with van der Waals surface area (Å²) in [6.07, 6.45) is 1.15. The zero-order valence-electron chi connectivity index (χ0n) is 10.2. The summed E-state index contributed by atoms with van der Waals surface area (Å²) >= 11 is 0. The summed E-state index contributed by atoms with van der Waals surface area (Å²) in [5.41, 5.74) is 2.76. The normalized spacial score (nSPS) is 9.57. The van der Waals surface area contributed by atoms with Gasteiger partial charge in [0.05, 0.1) is 0 Å². The number of aryl methyl sites for hydroxylation is 1. The third kappa shape index (κ3) is 5.76. The first-order valence-corrected chi connectivity index (χ1v) is 5.39. The molecule has 1 heteroatoms. The predicted molar refractivity (Wildman–Crippen MR) is 64.8 cm³/mol. The third-order valence-corrected chi connectivity index (χ3v) is 1.97. The Bertz CT molecular complexity index is 223. The maximum atomic E-state index is 2.21. The van der Waals surface area contributed by atoms with Crippen LogP contribution >= 0.6 is 0 Å². The minimum atomic E-state index is 1.13. The Morgan fingerprint density at radius 3 is 1.93 bits per heavy atom. The number of likely N-dealkylation sites (N-methyl/N-ethyl adjacent to an activating group) is 1. The second kappa shape index (κ2) is 7.57. The van der Waals surface area contributed by atoms with Crippen molar-refractivity contribution < 1.29 is 0 Å².